The lowest BCUT2D eigenvalue weighted by Gasteiger charge is -2.11. The van der Waals surface area contributed by atoms with E-state index >= 15 is 0 Å². The van der Waals surface area contributed by atoms with Crippen LogP contribution in [0.15, 0.2) is 41.3 Å². The van der Waals surface area contributed by atoms with Gasteiger partial charge in [0, 0.05) is 22.3 Å². The van der Waals surface area contributed by atoms with Crippen molar-refractivity contribution in [2.75, 3.05) is 4.72 Å². The first-order chi connectivity index (χ1) is 10.9. The summed E-state index contributed by atoms with van der Waals surface area (Å²) in [7, 11) is 0. The van der Waals surface area contributed by atoms with Crippen molar-refractivity contribution in [2.24, 2.45) is 0 Å². The molecule has 122 valence electrons. The van der Waals surface area contributed by atoms with Gasteiger partial charge in [-0.2, -0.15) is 0 Å². The molecule has 0 saturated heterocycles. The molecule has 2 aromatic carbocycles. The molecular weight excluding hydrogens is 344 g/mol. The van der Waals surface area contributed by atoms with Crippen molar-refractivity contribution in [3.8, 4) is 0 Å². The molecule has 23 heavy (non-hydrogen) atoms. The fourth-order valence-electron chi connectivity index (χ4n) is 1.87. The molecule has 0 aliphatic carbocycles. The van der Waals surface area contributed by atoms with Crippen molar-refractivity contribution >= 4 is 34.5 Å². The number of carbonyl (C=O) groups is 1. The SMILES string of the molecule is CC(=O)c1ccc(NS(=O)O)c(CSc2ccc(F)cc2F)c1. The molecule has 2 N–H and O–H groups in total. The van der Waals surface area contributed by atoms with E-state index in [9.17, 15) is 17.8 Å². The number of thioether (sulfide) groups is 1. The Bertz CT molecular complexity index is 768. The molecule has 0 fully saturated rings. The molecule has 1 unspecified atom stereocenters. The third-order valence-electron chi connectivity index (χ3n) is 2.99. The molecule has 0 spiro atoms. The van der Waals surface area contributed by atoms with Crippen molar-refractivity contribution in [1.82, 2.24) is 0 Å². The average molecular weight is 357 g/mol. The van der Waals surface area contributed by atoms with Crippen molar-refractivity contribution in [3.63, 3.8) is 0 Å². The zero-order valence-corrected chi connectivity index (χ0v) is 13.6. The number of rotatable bonds is 6. The van der Waals surface area contributed by atoms with E-state index in [4.69, 9.17) is 4.55 Å². The molecular formula is C15H13F2NO3S2. The largest absolute Gasteiger partial charge is 0.295 e. The number of halogens is 2. The third-order valence-corrected chi connectivity index (χ3v) is 4.48. The molecule has 0 amide bonds. The standard InChI is InChI=1S/C15H13F2NO3S2/c1-9(19)10-2-4-14(18-23(20)21)11(6-10)8-22-15-5-3-12(16)7-13(15)17/h2-7,18H,8H2,1H3,(H,20,21). The van der Waals surface area contributed by atoms with Gasteiger partial charge < -0.3 is 0 Å². The topological polar surface area (TPSA) is 66.4 Å². The van der Waals surface area contributed by atoms with Crippen LogP contribution in [0.25, 0.3) is 0 Å². The van der Waals surface area contributed by atoms with E-state index in [1.807, 2.05) is 0 Å². The molecule has 0 aliphatic rings. The van der Waals surface area contributed by atoms with E-state index in [1.54, 1.807) is 6.07 Å². The maximum Gasteiger partial charge on any atom is 0.259 e. The highest BCUT2D eigenvalue weighted by Gasteiger charge is 2.11. The number of nitrogens with one attached hydrogen (secondary N) is 1. The predicted octanol–water partition coefficient (Wildman–Crippen LogP) is 4.01. The number of hydrogen-bond donors (Lipinski definition) is 2. The minimum Gasteiger partial charge on any atom is -0.295 e. The minimum absolute atomic E-state index is 0.152. The Kier molecular flexibility index (Phi) is 5.86. The quantitative estimate of drug-likeness (QED) is 0.466. The summed E-state index contributed by atoms with van der Waals surface area (Å²) in [6, 6.07) is 7.88. The van der Waals surface area contributed by atoms with Crippen LogP contribution in [0.1, 0.15) is 22.8 Å². The number of anilines is 1. The van der Waals surface area contributed by atoms with Gasteiger partial charge in [-0.3, -0.25) is 14.1 Å². The van der Waals surface area contributed by atoms with Crippen LogP contribution >= 0.6 is 11.8 Å². The van der Waals surface area contributed by atoms with E-state index in [0.29, 0.717) is 16.8 Å². The smallest absolute Gasteiger partial charge is 0.259 e. The number of Topliss-reactive ketones (excluding diaryl/α,β-unsaturated/α-hetero) is 1. The lowest BCUT2D eigenvalue weighted by atomic mass is 10.1. The summed E-state index contributed by atoms with van der Waals surface area (Å²) in [5.74, 6) is -1.26. The van der Waals surface area contributed by atoms with Crippen LogP contribution in [0, 0.1) is 11.6 Å². The van der Waals surface area contributed by atoms with Gasteiger partial charge in [0.05, 0.1) is 5.69 Å². The zero-order chi connectivity index (χ0) is 17.0. The van der Waals surface area contributed by atoms with Crippen LogP contribution in [0.3, 0.4) is 0 Å². The summed E-state index contributed by atoms with van der Waals surface area (Å²) in [6.07, 6.45) is 0. The minimum atomic E-state index is -2.27. The van der Waals surface area contributed by atoms with Crippen molar-refractivity contribution in [1.29, 1.82) is 0 Å². The lowest BCUT2D eigenvalue weighted by molar-refractivity contribution is 0.101. The Labute approximate surface area is 138 Å². The van der Waals surface area contributed by atoms with Gasteiger partial charge in [-0.15, -0.1) is 11.8 Å². The average Bonchev–Trinajstić information content (AvgIpc) is 2.46. The van der Waals surface area contributed by atoms with E-state index in [2.05, 4.69) is 4.72 Å². The number of carbonyl (C=O) groups excluding carboxylic acids is 1. The summed E-state index contributed by atoms with van der Waals surface area (Å²) in [5, 5.41) is 0. The fourth-order valence-corrected chi connectivity index (χ4v) is 3.17. The number of benzene rings is 2. The van der Waals surface area contributed by atoms with Crippen molar-refractivity contribution < 1.29 is 22.3 Å². The first-order valence-corrected chi connectivity index (χ1v) is 8.55. The van der Waals surface area contributed by atoms with E-state index in [1.165, 1.54) is 25.1 Å². The van der Waals surface area contributed by atoms with Gasteiger partial charge in [-0.1, -0.05) is 0 Å². The highest BCUT2D eigenvalue weighted by molar-refractivity contribution is 7.98. The first kappa shape index (κ1) is 17.6. The van der Waals surface area contributed by atoms with Gasteiger partial charge in [-0.25, -0.2) is 13.0 Å². The van der Waals surface area contributed by atoms with Gasteiger partial charge in [0.2, 0.25) is 0 Å². The lowest BCUT2D eigenvalue weighted by Crippen LogP contribution is -2.05. The van der Waals surface area contributed by atoms with Crippen LogP contribution in [0.5, 0.6) is 0 Å². The molecule has 0 heterocycles. The summed E-state index contributed by atoms with van der Waals surface area (Å²) in [5.41, 5.74) is 1.37. The molecule has 0 bridgehead atoms. The Balaban J connectivity index is 2.26. The fraction of sp³-hybridized carbons (Fsp3) is 0.133. The number of hydrogen-bond acceptors (Lipinski definition) is 3. The molecule has 1 atom stereocenters. The van der Waals surface area contributed by atoms with E-state index in [0.717, 1.165) is 23.9 Å². The van der Waals surface area contributed by atoms with Gasteiger partial charge in [0.25, 0.3) is 11.3 Å². The van der Waals surface area contributed by atoms with Gasteiger partial charge in [0.15, 0.2) is 5.78 Å². The summed E-state index contributed by atoms with van der Waals surface area (Å²) >= 11 is -1.17. The highest BCUT2D eigenvalue weighted by Crippen LogP contribution is 2.30. The highest BCUT2D eigenvalue weighted by atomic mass is 32.2. The van der Waals surface area contributed by atoms with E-state index in [-0.39, 0.29) is 16.4 Å². The van der Waals surface area contributed by atoms with Crippen LogP contribution in [-0.4, -0.2) is 14.5 Å². The second-order valence-electron chi connectivity index (χ2n) is 4.64. The summed E-state index contributed by atoms with van der Waals surface area (Å²) in [6.45, 7) is 1.41. The van der Waals surface area contributed by atoms with Crippen LogP contribution in [0.2, 0.25) is 0 Å². The summed E-state index contributed by atoms with van der Waals surface area (Å²) < 4.78 is 48.8. The molecule has 0 saturated carbocycles. The monoisotopic (exact) mass is 357 g/mol. The molecule has 2 rings (SSSR count). The second kappa shape index (κ2) is 7.67. The second-order valence-corrected chi connectivity index (χ2v) is 6.36. The van der Waals surface area contributed by atoms with Crippen LogP contribution in [-0.2, 0) is 17.0 Å². The Morgan fingerprint density at radius 1 is 1.26 bits per heavy atom. The molecule has 4 nitrogen and oxygen atoms in total. The van der Waals surface area contributed by atoms with Crippen LogP contribution in [0.4, 0.5) is 14.5 Å². The van der Waals surface area contributed by atoms with Crippen molar-refractivity contribution in [2.45, 2.75) is 17.6 Å². The van der Waals surface area contributed by atoms with Gasteiger partial charge >= 0.3 is 0 Å². The van der Waals surface area contributed by atoms with Crippen LogP contribution < -0.4 is 4.72 Å². The Morgan fingerprint density at radius 2 is 2.00 bits per heavy atom. The molecule has 8 heteroatoms. The maximum absolute atomic E-state index is 13.7. The summed E-state index contributed by atoms with van der Waals surface area (Å²) in [4.78, 5) is 11.7. The Morgan fingerprint density at radius 3 is 2.61 bits per heavy atom. The molecule has 0 aliphatic heterocycles. The Hall–Kier alpha value is -1.77. The number of ketones is 1. The molecule has 0 radical (unpaired) electrons. The normalized spacial score (nSPS) is 12.0. The molecule has 0 aromatic heterocycles. The van der Waals surface area contributed by atoms with Gasteiger partial charge in [0.1, 0.15) is 11.6 Å². The first-order valence-electron chi connectivity index (χ1n) is 6.46. The van der Waals surface area contributed by atoms with Crippen molar-refractivity contribution in [3.05, 3.63) is 59.2 Å². The zero-order valence-electron chi connectivity index (χ0n) is 12.0. The maximum atomic E-state index is 13.7. The van der Waals surface area contributed by atoms with E-state index < -0.39 is 22.9 Å². The molecule has 2 aromatic rings. The predicted molar refractivity (Wildman–Crippen MR) is 86.8 cm³/mol. The third kappa shape index (κ3) is 4.85. The van der Waals surface area contributed by atoms with Gasteiger partial charge in [-0.05, 0) is 42.8 Å².